The van der Waals surface area contributed by atoms with Gasteiger partial charge in [-0.15, -0.1) is 11.8 Å². The van der Waals surface area contributed by atoms with Gasteiger partial charge in [-0.1, -0.05) is 19.8 Å². The van der Waals surface area contributed by atoms with Crippen molar-refractivity contribution in [2.24, 2.45) is 5.92 Å². The van der Waals surface area contributed by atoms with Crippen molar-refractivity contribution in [2.75, 3.05) is 6.26 Å². The van der Waals surface area contributed by atoms with Crippen molar-refractivity contribution in [3.63, 3.8) is 0 Å². The molecule has 0 heterocycles. The van der Waals surface area contributed by atoms with Crippen molar-refractivity contribution in [2.45, 2.75) is 37.4 Å². The molecule has 0 aliphatic heterocycles. The molecule has 0 spiro atoms. The van der Waals surface area contributed by atoms with E-state index in [4.69, 9.17) is 5.11 Å². The number of hydrogen-bond donors (Lipinski definition) is 1. The third-order valence-electron chi connectivity index (χ3n) is 2.74. The van der Waals surface area contributed by atoms with Gasteiger partial charge in [0.2, 0.25) is 0 Å². The van der Waals surface area contributed by atoms with Gasteiger partial charge >= 0.3 is 5.97 Å². The summed E-state index contributed by atoms with van der Waals surface area (Å²) in [6.07, 6.45) is 5.84. The summed E-state index contributed by atoms with van der Waals surface area (Å²) in [6.45, 7) is 2.15. The van der Waals surface area contributed by atoms with Crippen molar-refractivity contribution in [3.8, 4) is 0 Å². The minimum Gasteiger partial charge on any atom is -0.480 e. The van der Waals surface area contributed by atoms with Gasteiger partial charge in [0.25, 0.3) is 0 Å². The molecule has 0 aromatic rings. The number of aliphatic carboxylic acids is 1. The van der Waals surface area contributed by atoms with Crippen LogP contribution in [0.3, 0.4) is 0 Å². The molecule has 0 bridgehead atoms. The molecule has 70 valence electrons. The predicted octanol–water partition coefficient (Wildman–Crippen LogP) is 2.38. The molecular weight excluding hydrogens is 172 g/mol. The summed E-state index contributed by atoms with van der Waals surface area (Å²) >= 11 is 1.51. The molecular formula is C9H16O2S. The molecule has 0 aromatic heterocycles. The first-order valence-corrected chi connectivity index (χ1v) is 5.62. The van der Waals surface area contributed by atoms with E-state index in [1.54, 1.807) is 0 Å². The van der Waals surface area contributed by atoms with Crippen LogP contribution < -0.4 is 0 Å². The average Bonchev–Trinajstić information content (AvgIpc) is 2.04. The van der Waals surface area contributed by atoms with Crippen molar-refractivity contribution in [3.05, 3.63) is 0 Å². The largest absolute Gasteiger partial charge is 0.480 e. The topological polar surface area (TPSA) is 37.3 Å². The highest BCUT2D eigenvalue weighted by molar-refractivity contribution is 8.00. The van der Waals surface area contributed by atoms with Gasteiger partial charge in [0.1, 0.15) is 4.75 Å². The summed E-state index contributed by atoms with van der Waals surface area (Å²) in [5, 5.41) is 9.09. The summed E-state index contributed by atoms with van der Waals surface area (Å²) in [5.41, 5.74) is 0. The number of carbonyl (C=O) groups is 1. The Morgan fingerprint density at radius 2 is 2.33 bits per heavy atom. The van der Waals surface area contributed by atoms with Crippen LogP contribution in [0.1, 0.15) is 32.6 Å². The van der Waals surface area contributed by atoms with Gasteiger partial charge < -0.3 is 5.11 Å². The Balaban J connectivity index is 2.71. The molecule has 2 nitrogen and oxygen atoms in total. The van der Waals surface area contributed by atoms with Crippen molar-refractivity contribution >= 4 is 17.7 Å². The summed E-state index contributed by atoms with van der Waals surface area (Å²) in [4.78, 5) is 11.0. The zero-order chi connectivity index (χ0) is 9.19. The van der Waals surface area contributed by atoms with Crippen LogP contribution in [0.25, 0.3) is 0 Å². The first-order valence-electron chi connectivity index (χ1n) is 4.39. The van der Waals surface area contributed by atoms with Crippen LogP contribution in [0.5, 0.6) is 0 Å². The second-order valence-electron chi connectivity index (χ2n) is 3.71. The highest BCUT2D eigenvalue weighted by Gasteiger charge is 2.40. The van der Waals surface area contributed by atoms with Crippen LogP contribution in [-0.2, 0) is 4.79 Å². The van der Waals surface area contributed by atoms with Crippen LogP contribution in [0.4, 0.5) is 0 Å². The standard InChI is InChI=1S/C9H16O2S/c1-7-4-3-5-9(6-7,12-2)8(10)11/h7H,3-6H2,1-2H3,(H,10,11). The Hall–Kier alpha value is -0.180. The molecule has 1 fully saturated rings. The Morgan fingerprint density at radius 1 is 1.67 bits per heavy atom. The lowest BCUT2D eigenvalue weighted by Crippen LogP contribution is -2.39. The number of thioether (sulfide) groups is 1. The van der Waals surface area contributed by atoms with Gasteiger partial charge in [0.15, 0.2) is 0 Å². The fourth-order valence-electron chi connectivity index (χ4n) is 1.97. The first-order chi connectivity index (χ1) is 5.60. The molecule has 1 aliphatic carbocycles. The zero-order valence-electron chi connectivity index (χ0n) is 7.67. The van der Waals surface area contributed by atoms with E-state index in [2.05, 4.69) is 6.92 Å². The van der Waals surface area contributed by atoms with Gasteiger partial charge in [-0.25, -0.2) is 0 Å². The third-order valence-corrected chi connectivity index (χ3v) is 4.06. The molecule has 0 saturated heterocycles. The molecule has 0 aromatic carbocycles. The Bertz CT molecular complexity index is 181. The van der Waals surface area contributed by atoms with Gasteiger partial charge in [-0.3, -0.25) is 4.79 Å². The monoisotopic (exact) mass is 188 g/mol. The van der Waals surface area contributed by atoms with Crippen LogP contribution in [0.15, 0.2) is 0 Å². The van der Waals surface area contributed by atoms with Gasteiger partial charge in [0.05, 0.1) is 0 Å². The van der Waals surface area contributed by atoms with Crippen LogP contribution in [0.2, 0.25) is 0 Å². The highest BCUT2D eigenvalue weighted by Crippen LogP contribution is 2.41. The quantitative estimate of drug-likeness (QED) is 0.723. The van der Waals surface area contributed by atoms with Crippen LogP contribution in [-0.4, -0.2) is 22.1 Å². The summed E-state index contributed by atoms with van der Waals surface area (Å²) in [5.74, 6) is -0.0520. The molecule has 2 unspecified atom stereocenters. The maximum absolute atomic E-state index is 11.0. The maximum Gasteiger partial charge on any atom is 0.319 e. The van der Waals surface area contributed by atoms with E-state index in [1.165, 1.54) is 18.2 Å². The maximum atomic E-state index is 11.0. The predicted molar refractivity (Wildman–Crippen MR) is 51.5 cm³/mol. The van der Waals surface area contributed by atoms with Crippen LogP contribution in [0, 0.1) is 5.92 Å². The number of hydrogen-bond acceptors (Lipinski definition) is 2. The molecule has 1 N–H and O–H groups in total. The van der Waals surface area contributed by atoms with E-state index in [0.717, 1.165) is 19.3 Å². The number of carboxylic acids is 1. The smallest absolute Gasteiger partial charge is 0.319 e. The summed E-state index contributed by atoms with van der Waals surface area (Å²) in [6, 6.07) is 0. The van der Waals surface area contributed by atoms with E-state index in [-0.39, 0.29) is 0 Å². The number of rotatable bonds is 2. The molecule has 1 saturated carbocycles. The van der Waals surface area contributed by atoms with Crippen molar-refractivity contribution in [1.82, 2.24) is 0 Å². The molecule has 1 aliphatic rings. The summed E-state index contributed by atoms with van der Waals surface area (Å²) in [7, 11) is 0. The van der Waals surface area contributed by atoms with E-state index in [1.807, 2.05) is 6.26 Å². The Morgan fingerprint density at radius 3 is 2.67 bits per heavy atom. The third kappa shape index (κ3) is 1.76. The average molecular weight is 188 g/mol. The van der Waals surface area contributed by atoms with Crippen molar-refractivity contribution in [1.29, 1.82) is 0 Å². The van der Waals surface area contributed by atoms with E-state index >= 15 is 0 Å². The molecule has 0 amide bonds. The lowest BCUT2D eigenvalue weighted by atomic mass is 9.82. The fourth-order valence-corrected chi connectivity index (χ4v) is 2.94. The van der Waals surface area contributed by atoms with Gasteiger partial charge in [-0.05, 0) is 25.0 Å². The molecule has 0 radical (unpaired) electrons. The van der Waals surface area contributed by atoms with E-state index in [9.17, 15) is 4.79 Å². The summed E-state index contributed by atoms with van der Waals surface area (Å²) < 4.78 is -0.475. The Kier molecular flexibility index (Phi) is 3.04. The van der Waals surface area contributed by atoms with Crippen molar-refractivity contribution < 1.29 is 9.90 Å². The first kappa shape index (κ1) is 9.90. The lowest BCUT2D eigenvalue weighted by molar-refractivity contribution is -0.141. The second-order valence-corrected chi connectivity index (χ2v) is 4.89. The van der Waals surface area contributed by atoms with Crippen LogP contribution >= 0.6 is 11.8 Å². The molecule has 3 heteroatoms. The zero-order valence-corrected chi connectivity index (χ0v) is 8.49. The highest BCUT2D eigenvalue weighted by atomic mass is 32.2. The molecule has 1 rings (SSSR count). The van der Waals surface area contributed by atoms with E-state index < -0.39 is 10.7 Å². The Labute approximate surface area is 77.7 Å². The molecule has 2 atom stereocenters. The normalized spacial score (nSPS) is 36.3. The molecule has 12 heavy (non-hydrogen) atoms. The second kappa shape index (κ2) is 3.69. The minimum atomic E-state index is -0.624. The van der Waals surface area contributed by atoms with Gasteiger partial charge in [0, 0.05) is 0 Å². The number of carboxylic acid groups (broad SMARTS) is 1. The SMILES string of the molecule is CSC1(C(=O)O)CCCC(C)C1. The van der Waals surface area contributed by atoms with Gasteiger partial charge in [-0.2, -0.15) is 0 Å². The van der Waals surface area contributed by atoms with E-state index in [0.29, 0.717) is 5.92 Å². The lowest BCUT2D eigenvalue weighted by Gasteiger charge is -2.34. The fraction of sp³-hybridized carbons (Fsp3) is 0.889. The minimum absolute atomic E-state index is 0.475.